The van der Waals surface area contributed by atoms with Gasteiger partial charge < -0.3 is 9.64 Å². The van der Waals surface area contributed by atoms with Gasteiger partial charge in [-0.1, -0.05) is 18.9 Å². The molecule has 0 aliphatic carbocycles. The monoisotopic (exact) mass is 342 g/mol. The number of pyridine rings is 1. The molecular formula is C20H23FN2O2. The van der Waals surface area contributed by atoms with Crippen LogP contribution in [0, 0.1) is 5.82 Å². The van der Waals surface area contributed by atoms with E-state index in [9.17, 15) is 9.18 Å². The fourth-order valence-electron chi connectivity index (χ4n) is 3.44. The van der Waals surface area contributed by atoms with E-state index >= 15 is 0 Å². The van der Waals surface area contributed by atoms with Crippen LogP contribution in [-0.4, -0.2) is 29.4 Å². The lowest BCUT2D eigenvalue weighted by Gasteiger charge is -2.30. The standard InChI is InChI=1S/C20H23FN2O2/c1-25-19-7-6-15(13-17(19)21)14-20(24)23-12-4-2-3-5-18(23)16-8-10-22-11-9-16/h6-11,13,18H,2-5,12,14H2,1H3. The largest absolute Gasteiger partial charge is 0.494 e. The molecular weight excluding hydrogens is 319 g/mol. The van der Waals surface area contributed by atoms with Crippen molar-refractivity contribution in [2.75, 3.05) is 13.7 Å². The number of rotatable bonds is 4. The number of carbonyl (C=O) groups excluding carboxylic acids is 1. The van der Waals surface area contributed by atoms with Gasteiger partial charge in [0.05, 0.1) is 19.6 Å². The summed E-state index contributed by atoms with van der Waals surface area (Å²) in [7, 11) is 1.43. The van der Waals surface area contributed by atoms with E-state index < -0.39 is 5.82 Å². The van der Waals surface area contributed by atoms with Gasteiger partial charge in [-0.3, -0.25) is 9.78 Å². The molecule has 25 heavy (non-hydrogen) atoms. The predicted molar refractivity (Wildman–Crippen MR) is 93.8 cm³/mol. The van der Waals surface area contributed by atoms with Crippen LogP contribution < -0.4 is 4.74 Å². The molecule has 2 heterocycles. The Morgan fingerprint density at radius 3 is 2.76 bits per heavy atom. The van der Waals surface area contributed by atoms with Crippen molar-refractivity contribution in [1.29, 1.82) is 0 Å². The van der Waals surface area contributed by atoms with Gasteiger partial charge in [0.1, 0.15) is 0 Å². The summed E-state index contributed by atoms with van der Waals surface area (Å²) < 4.78 is 18.8. The number of amides is 1. The summed E-state index contributed by atoms with van der Waals surface area (Å²) >= 11 is 0. The molecule has 4 nitrogen and oxygen atoms in total. The topological polar surface area (TPSA) is 42.4 Å². The van der Waals surface area contributed by atoms with E-state index in [0.717, 1.165) is 37.8 Å². The molecule has 0 saturated carbocycles. The Kier molecular flexibility index (Phi) is 5.64. The third-order valence-electron chi connectivity index (χ3n) is 4.74. The van der Waals surface area contributed by atoms with Crippen LogP contribution in [0.2, 0.25) is 0 Å². The lowest BCUT2D eigenvalue weighted by Crippen LogP contribution is -2.35. The van der Waals surface area contributed by atoms with Crippen molar-refractivity contribution in [2.24, 2.45) is 0 Å². The van der Waals surface area contributed by atoms with Gasteiger partial charge in [0.25, 0.3) is 0 Å². The second-order valence-corrected chi connectivity index (χ2v) is 6.38. The van der Waals surface area contributed by atoms with E-state index in [1.165, 1.54) is 13.2 Å². The lowest BCUT2D eigenvalue weighted by atomic mass is 10.0. The summed E-state index contributed by atoms with van der Waals surface area (Å²) in [5.74, 6) is -0.205. The van der Waals surface area contributed by atoms with E-state index in [1.807, 2.05) is 17.0 Å². The van der Waals surface area contributed by atoms with Crippen LogP contribution >= 0.6 is 0 Å². The van der Waals surface area contributed by atoms with Crippen LogP contribution in [0.25, 0.3) is 0 Å². The number of nitrogens with zero attached hydrogens (tertiary/aromatic N) is 2. The van der Waals surface area contributed by atoms with Crippen LogP contribution in [0.5, 0.6) is 5.75 Å². The number of hydrogen-bond donors (Lipinski definition) is 0. The van der Waals surface area contributed by atoms with E-state index in [4.69, 9.17) is 4.74 Å². The molecule has 0 spiro atoms. The van der Waals surface area contributed by atoms with Crippen molar-refractivity contribution in [3.63, 3.8) is 0 Å². The third kappa shape index (κ3) is 4.16. The fraction of sp³-hybridized carbons (Fsp3) is 0.400. The van der Waals surface area contributed by atoms with Crippen LogP contribution in [0.1, 0.15) is 42.9 Å². The lowest BCUT2D eigenvalue weighted by molar-refractivity contribution is -0.132. The maximum atomic E-state index is 13.9. The highest BCUT2D eigenvalue weighted by Gasteiger charge is 2.26. The Morgan fingerprint density at radius 1 is 1.24 bits per heavy atom. The Labute approximate surface area is 147 Å². The molecule has 1 aromatic heterocycles. The number of hydrogen-bond acceptors (Lipinski definition) is 3. The Balaban J connectivity index is 1.79. The normalized spacial score (nSPS) is 17.8. The molecule has 2 aromatic rings. The molecule has 3 rings (SSSR count). The Bertz CT molecular complexity index is 721. The van der Waals surface area contributed by atoms with E-state index in [-0.39, 0.29) is 24.1 Å². The van der Waals surface area contributed by atoms with Crippen LogP contribution in [-0.2, 0) is 11.2 Å². The van der Waals surface area contributed by atoms with Gasteiger partial charge in [0.2, 0.25) is 5.91 Å². The molecule has 1 fully saturated rings. The first-order valence-corrected chi connectivity index (χ1v) is 8.71. The number of ether oxygens (including phenoxy) is 1. The van der Waals surface area contributed by atoms with Crippen molar-refractivity contribution in [3.8, 4) is 5.75 Å². The average molecular weight is 342 g/mol. The average Bonchev–Trinajstić information content (AvgIpc) is 2.89. The van der Waals surface area contributed by atoms with Gasteiger partial charge in [-0.25, -0.2) is 4.39 Å². The summed E-state index contributed by atoms with van der Waals surface area (Å²) in [5.41, 5.74) is 1.78. The molecule has 132 valence electrons. The Hall–Kier alpha value is -2.43. The third-order valence-corrected chi connectivity index (χ3v) is 4.74. The SMILES string of the molecule is COc1ccc(CC(=O)N2CCCCCC2c2ccncc2)cc1F. The number of benzene rings is 1. The molecule has 1 atom stereocenters. The molecule has 5 heteroatoms. The first kappa shape index (κ1) is 17.4. The predicted octanol–water partition coefficient (Wildman–Crippen LogP) is 3.92. The van der Waals surface area contributed by atoms with Crippen molar-refractivity contribution in [1.82, 2.24) is 9.88 Å². The second-order valence-electron chi connectivity index (χ2n) is 6.38. The molecule has 1 aliphatic rings. The number of halogens is 1. The van der Waals surface area contributed by atoms with Crippen LogP contribution in [0.15, 0.2) is 42.7 Å². The van der Waals surface area contributed by atoms with Crippen molar-refractivity contribution >= 4 is 5.91 Å². The minimum atomic E-state index is -0.436. The van der Waals surface area contributed by atoms with Gasteiger partial charge in [-0.15, -0.1) is 0 Å². The highest BCUT2D eigenvalue weighted by atomic mass is 19.1. The molecule has 1 amide bonds. The van der Waals surface area contributed by atoms with Gasteiger partial charge in [-0.05, 0) is 48.2 Å². The van der Waals surface area contributed by atoms with Gasteiger partial charge in [-0.2, -0.15) is 0 Å². The quantitative estimate of drug-likeness (QED) is 0.846. The number of carbonyl (C=O) groups is 1. The van der Waals surface area contributed by atoms with Crippen molar-refractivity contribution < 1.29 is 13.9 Å². The molecule has 0 radical (unpaired) electrons. The van der Waals surface area contributed by atoms with E-state index in [0.29, 0.717) is 5.56 Å². The maximum Gasteiger partial charge on any atom is 0.227 e. The minimum absolute atomic E-state index is 0.0354. The molecule has 1 unspecified atom stereocenters. The molecule has 0 bridgehead atoms. The fourth-order valence-corrected chi connectivity index (χ4v) is 3.44. The summed E-state index contributed by atoms with van der Waals surface area (Å²) in [5, 5.41) is 0. The smallest absolute Gasteiger partial charge is 0.227 e. The van der Waals surface area contributed by atoms with Crippen molar-refractivity contribution in [2.45, 2.75) is 38.1 Å². The molecule has 1 saturated heterocycles. The number of methoxy groups -OCH3 is 1. The maximum absolute atomic E-state index is 13.9. The first-order chi connectivity index (χ1) is 12.2. The van der Waals surface area contributed by atoms with Crippen LogP contribution in [0.4, 0.5) is 4.39 Å². The summed E-state index contributed by atoms with van der Waals surface area (Å²) in [6.45, 7) is 0.741. The van der Waals surface area contributed by atoms with Crippen LogP contribution in [0.3, 0.4) is 0 Å². The van der Waals surface area contributed by atoms with E-state index in [2.05, 4.69) is 4.98 Å². The molecule has 0 N–H and O–H groups in total. The number of aromatic nitrogens is 1. The summed E-state index contributed by atoms with van der Waals surface area (Å²) in [6.07, 6.45) is 7.92. The van der Waals surface area contributed by atoms with E-state index in [1.54, 1.807) is 24.5 Å². The highest BCUT2D eigenvalue weighted by molar-refractivity contribution is 5.79. The minimum Gasteiger partial charge on any atom is -0.494 e. The zero-order valence-corrected chi connectivity index (χ0v) is 14.5. The van der Waals surface area contributed by atoms with Gasteiger partial charge in [0.15, 0.2) is 11.6 Å². The zero-order chi connectivity index (χ0) is 17.6. The zero-order valence-electron chi connectivity index (χ0n) is 14.5. The molecule has 1 aliphatic heterocycles. The second kappa shape index (κ2) is 8.10. The Morgan fingerprint density at radius 2 is 2.04 bits per heavy atom. The number of likely N-dealkylation sites (tertiary alicyclic amines) is 1. The summed E-state index contributed by atoms with van der Waals surface area (Å²) in [6, 6.07) is 8.73. The summed E-state index contributed by atoms with van der Waals surface area (Å²) in [4.78, 5) is 18.9. The first-order valence-electron chi connectivity index (χ1n) is 8.71. The highest BCUT2D eigenvalue weighted by Crippen LogP contribution is 2.30. The van der Waals surface area contributed by atoms with Gasteiger partial charge >= 0.3 is 0 Å². The van der Waals surface area contributed by atoms with Gasteiger partial charge in [0, 0.05) is 18.9 Å². The molecule has 1 aromatic carbocycles. The van der Waals surface area contributed by atoms with Crippen molar-refractivity contribution in [3.05, 3.63) is 59.7 Å².